The van der Waals surface area contributed by atoms with Crippen molar-refractivity contribution in [3.8, 4) is 0 Å². The maximum absolute atomic E-state index is 11.6. The van der Waals surface area contributed by atoms with Crippen LogP contribution < -0.4 is 0 Å². The second-order valence-electron chi connectivity index (χ2n) is 3.39. The molecule has 1 aromatic rings. The van der Waals surface area contributed by atoms with Gasteiger partial charge in [-0.2, -0.15) is 0 Å². The second kappa shape index (κ2) is 5.81. The van der Waals surface area contributed by atoms with E-state index in [1.165, 1.54) is 0 Å². The molecule has 0 spiro atoms. The highest BCUT2D eigenvalue weighted by Gasteiger charge is 1.97. The summed E-state index contributed by atoms with van der Waals surface area (Å²) >= 11 is 0. The van der Waals surface area contributed by atoms with Crippen LogP contribution in [0.3, 0.4) is 0 Å². The molecule has 0 saturated carbocycles. The van der Waals surface area contributed by atoms with Gasteiger partial charge in [0.1, 0.15) is 0 Å². The van der Waals surface area contributed by atoms with Crippen molar-refractivity contribution in [3.05, 3.63) is 60.3 Å². The van der Waals surface area contributed by atoms with Crippen molar-refractivity contribution in [1.82, 2.24) is 4.90 Å². The molecule has 2 nitrogen and oxygen atoms in total. The molecule has 0 aliphatic rings. The zero-order chi connectivity index (χ0) is 11.1. The molecule has 78 valence electrons. The van der Waals surface area contributed by atoms with Crippen LogP contribution in [-0.4, -0.2) is 24.8 Å². The van der Waals surface area contributed by atoms with Crippen molar-refractivity contribution in [2.24, 2.45) is 0 Å². The van der Waals surface area contributed by atoms with Crippen molar-refractivity contribution in [2.45, 2.75) is 0 Å². The van der Waals surface area contributed by atoms with Crippen molar-refractivity contribution in [1.29, 1.82) is 0 Å². The van der Waals surface area contributed by atoms with Gasteiger partial charge < -0.3 is 4.90 Å². The van der Waals surface area contributed by atoms with Crippen LogP contribution >= 0.6 is 0 Å². The van der Waals surface area contributed by atoms with E-state index in [1.807, 2.05) is 61.6 Å². The fraction of sp³-hybridized carbons (Fsp3) is 0.154. The summed E-state index contributed by atoms with van der Waals surface area (Å²) in [4.78, 5) is 13.5. The Bertz CT molecular complexity index is 363. The molecule has 15 heavy (non-hydrogen) atoms. The first-order valence-electron chi connectivity index (χ1n) is 4.81. The molecular formula is C13H15NO. The second-order valence-corrected chi connectivity index (χ2v) is 3.39. The van der Waals surface area contributed by atoms with Crippen LogP contribution in [0.25, 0.3) is 0 Å². The van der Waals surface area contributed by atoms with Crippen LogP contribution in [0.1, 0.15) is 10.4 Å². The van der Waals surface area contributed by atoms with E-state index in [0.29, 0.717) is 5.56 Å². The average Bonchev–Trinajstić information content (AvgIpc) is 2.25. The number of carbonyl (C=O) groups is 1. The molecule has 0 aromatic heterocycles. The number of hydrogen-bond acceptors (Lipinski definition) is 2. The topological polar surface area (TPSA) is 20.3 Å². The van der Waals surface area contributed by atoms with Crippen LogP contribution in [0.2, 0.25) is 0 Å². The third-order valence-corrected chi connectivity index (χ3v) is 1.80. The minimum Gasteiger partial charge on any atom is -0.383 e. The molecule has 1 rings (SSSR count). The summed E-state index contributed by atoms with van der Waals surface area (Å²) in [6.07, 6.45) is 7.03. The average molecular weight is 201 g/mol. The van der Waals surface area contributed by atoms with Crippen LogP contribution in [0.15, 0.2) is 54.8 Å². The Balaban J connectivity index is 2.57. The van der Waals surface area contributed by atoms with Crippen LogP contribution in [0, 0.1) is 0 Å². The minimum atomic E-state index is 0.0269. The molecule has 0 heterocycles. The Labute approximate surface area is 90.5 Å². The van der Waals surface area contributed by atoms with Gasteiger partial charge in [0.2, 0.25) is 0 Å². The SMILES string of the molecule is CN(C)/C=C\C=C\C(=O)c1ccccc1. The maximum Gasteiger partial charge on any atom is 0.185 e. The summed E-state index contributed by atoms with van der Waals surface area (Å²) in [6, 6.07) is 9.23. The molecule has 0 bridgehead atoms. The van der Waals surface area contributed by atoms with E-state index in [2.05, 4.69) is 0 Å². The summed E-state index contributed by atoms with van der Waals surface area (Å²) in [5, 5.41) is 0. The smallest absolute Gasteiger partial charge is 0.185 e. The largest absolute Gasteiger partial charge is 0.383 e. The van der Waals surface area contributed by atoms with Gasteiger partial charge in [-0.05, 0) is 18.4 Å². The first-order valence-corrected chi connectivity index (χ1v) is 4.81. The molecular weight excluding hydrogens is 186 g/mol. The molecule has 0 aliphatic carbocycles. The number of allylic oxidation sites excluding steroid dienone is 3. The van der Waals surface area contributed by atoms with E-state index in [4.69, 9.17) is 0 Å². The first-order chi connectivity index (χ1) is 7.20. The Morgan fingerprint density at radius 1 is 1.13 bits per heavy atom. The van der Waals surface area contributed by atoms with Crippen molar-refractivity contribution in [2.75, 3.05) is 14.1 Å². The number of hydrogen-bond donors (Lipinski definition) is 0. The molecule has 2 heteroatoms. The highest BCUT2D eigenvalue weighted by molar-refractivity contribution is 6.04. The quantitative estimate of drug-likeness (QED) is 0.424. The van der Waals surface area contributed by atoms with E-state index in [0.717, 1.165) is 0 Å². The van der Waals surface area contributed by atoms with Gasteiger partial charge in [0.05, 0.1) is 0 Å². The monoisotopic (exact) mass is 201 g/mol. The Morgan fingerprint density at radius 2 is 1.80 bits per heavy atom. The molecule has 1 aromatic carbocycles. The van der Waals surface area contributed by atoms with Crippen molar-refractivity contribution < 1.29 is 4.79 Å². The fourth-order valence-electron chi connectivity index (χ4n) is 1.06. The van der Waals surface area contributed by atoms with Gasteiger partial charge in [0.15, 0.2) is 5.78 Å². The number of carbonyl (C=O) groups excluding carboxylic acids is 1. The number of benzene rings is 1. The summed E-state index contributed by atoms with van der Waals surface area (Å²) in [5.74, 6) is 0.0269. The van der Waals surface area contributed by atoms with Gasteiger partial charge in [0.25, 0.3) is 0 Å². The minimum absolute atomic E-state index is 0.0269. The van der Waals surface area contributed by atoms with Gasteiger partial charge in [-0.1, -0.05) is 36.4 Å². The third kappa shape index (κ3) is 4.27. The number of rotatable bonds is 4. The van der Waals surface area contributed by atoms with E-state index in [1.54, 1.807) is 12.2 Å². The molecule has 0 fully saturated rings. The van der Waals surface area contributed by atoms with E-state index >= 15 is 0 Å². The van der Waals surface area contributed by atoms with Crippen LogP contribution in [0.5, 0.6) is 0 Å². The fourth-order valence-corrected chi connectivity index (χ4v) is 1.06. The standard InChI is InChI=1S/C13H15NO/c1-14(2)11-7-6-10-13(15)12-8-4-3-5-9-12/h3-11H,1-2H3/b10-6+,11-7-. The lowest BCUT2D eigenvalue weighted by Gasteiger charge is -2.00. The highest BCUT2D eigenvalue weighted by Crippen LogP contribution is 2.00. The Morgan fingerprint density at radius 3 is 2.40 bits per heavy atom. The Kier molecular flexibility index (Phi) is 4.35. The predicted octanol–water partition coefficient (Wildman–Crippen LogP) is 2.50. The van der Waals surface area contributed by atoms with E-state index in [9.17, 15) is 4.79 Å². The predicted molar refractivity (Wildman–Crippen MR) is 62.7 cm³/mol. The van der Waals surface area contributed by atoms with Crippen LogP contribution in [0.4, 0.5) is 0 Å². The van der Waals surface area contributed by atoms with Gasteiger partial charge in [-0.15, -0.1) is 0 Å². The molecule has 0 atom stereocenters. The van der Waals surface area contributed by atoms with Crippen molar-refractivity contribution >= 4 is 5.78 Å². The molecule has 0 amide bonds. The van der Waals surface area contributed by atoms with E-state index < -0.39 is 0 Å². The van der Waals surface area contributed by atoms with Gasteiger partial charge in [-0.3, -0.25) is 4.79 Å². The maximum atomic E-state index is 11.6. The van der Waals surface area contributed by atoms with Crippen LogP contribution in [-0.2, 0) is 0 Å². The molecule has 0 saturated heterocycles. The number of nitrogens with zero attached hydrogens (tertiary/aromatic N) is 1. The van der Waals surface area contributed by atoms with Crippen molar-refractivity contribution in [3.63, 3.8) is 0 Å². The summed E-state index contributed by atoms with van der Waals surface area (Å²) in [6.45, 7) is 0. The first kappa shape index (κ1) is 11.2. The molecule has 0 unspecified atom stereocenters. The Hall–Kier alpha value is -1.83. The molecule has 0 radical (unpaired) electrons. The summed E-state index contributed by atoms with van der Waals surface area (Å²) in [5.41, 5.74) is 0.715. The van der Waals surface area contributed by atoms with Gasteiger partial charge >= 0.3 is 0 Å². The molecule has 0 N–H and O–H groups in total. The molecule has 0 aliphatic heterocycles. The lowest BCUT2D eigenvalue weighted by molar-refractivity contribution is 0.104. The number of ketones is 1. The zero-order valence-electron chi connectivity index (χ0n) is 9.05. The van der Waals surface area contributed by atoms with Gasteiger partial charge in [-0.25, -0.2) is 0 Å². The summed E-state index contributed by atoms with van der Waals surface area (Å²) in [7, 11) is 3.87. The lowest BCUT2D eigenvalue weighted by atomic mass is 10.1. The summed E-state index contributed by atoms with van der Waals surface area (Å²) < 4.78 is 0. The lowest BCUT2D eigenvalue weighted by Crippen LogP contribution is -1.99. The third-order valence-electron chi connectivity index (χ3n) is 1.80. The normalized spacial score (nSPS) is 11.1. The van der Waals surface area contributed by atoms with E-state index in [-0.39, 0.29) is 5.78 Å². The highest BCUT2D eigenvalue weighted by atomic mass is 16.1. The van der Waals surface area contributed by atoms with Gasteiger partial charge in [0, 0.05) is 19.7 Å². The zero-order valence-corrected chi connectivity index (χ0v) is 9.05.